The highest BCUT2D eigenvalue weighted by Gasteiger charge is 2.13. The zero-order valence-electron chi connectivity index (χ0n) is 16.4. The summed E-state index contributed by atoms with van der Waals surface area (Å²) in [6.07, 6.45) is 5.22. The van der Waals surface area contributed by atoms with Gasteiger partial charge in [-0.25, -0.2) is 14.4 Å². The fraction of sp³-hybridized carbons (Fsp3) is 0.227. The Balaban J connectivity index is 1.99. The van der Waals surface area contributed by atoms with Crippen LogP contribution in [0.4, 0.5) is 21.6 Å². The zero-order chi connectivity index (χ0) is 19.9. The van der Waals surface area contributed by atoms with Crippen molar-refractivity contribution in [3.05, 3.63) is 78.5 Å². The maximum absolute atomic E-state index is 13.4. The van der Waals surface area contributed by atoms with E-state index in [4.69, 9.17) is 4.99 Å². The minimum atomic E-state index is -0.278. The van der Waals surface area contributed by atoms with Crippen molar-refractivity contribution < 1.29 is 4.39 Å². The molecule has 3 aromatic rings. The van der Waals surface area contributed by atoms with E-state index in [0.29, 0.717) is 5.84 Å². The summed E-state index contributed by atoms with van der Waals surface area (Å²) in [6, 6.07) is 14.1. The average Bonchev–Trinajstić information content (AvgIpc) is 2.75. The van der Waals surface area contributed by atoms with E-state index < -0.39 is 0 Å². The van der Waals surface area contributed by atoms with E-state index in [0.717, 1.165) is 35.8 Å². The number of anilines is 2. The smallest absolute Gasteiger partial charge is 0.140 e. The van der Waals surface area contributed by atoms with E-state index >= 15 is 0 Å². The Hall–Kier alpha value is -3.28. The number of benzene rings is 1. The van der Waals surface area contributed by atoms with Gasteiger partial charge in [0.05, 0.1) is 11.9 Å². The molecular formula is C22H24FN5. The molecule has 0 radical (unpaired) electrons. The van der Waals surface area contributed by atoms with E-state index in [1.165, 1.54) is 12.1 Å². The summed E-state index contributed by atoms with van der Waals surface area (Å²) in [5.41, 5.74) is 2.48. The zero-order valence-corrected chi connectivity index (χ0v) is 16.4. The Labute approximate surface area is 165 Å². The first-order valence-electron chi connectivity index (χ1n) is 9.31. The fourth-order valence-electron chi connectivity index (χ4n) is 2.92. The molecule has 5 nitrogen and oxygen atoms in total. The Morgan fingerprint density at radius 2 is 1.64 bits per heavy atom. The van der Waals surface area contributed by atoms with Gasteiger partial charge in [0.2, 0.25) is 0 Å². The molecule has 0 saturated carbocycles. The molecule has 0 atom stereocenters. The summed E-state index contributed by atoms with van der Waals surface area (Å²) in [7, 11) is 1.93. The Morgan fingerprint density at radius 1 is 0.964 bits per heavy atom. The number of hydrogen-bond donors (Lipinski definition) is 0. The first-order chi connectivity index (χ1) is 13.6. The molecule has 0 aliphatic rings. The van der Waals surface area contributed by atoms with Crippen LogP contribution in [0.25, 0.3) is 0 Å². The molecule has 2 heterocycles. The van der Waals surface area contributed by atoms with Crippen LogP contribution in [0, 0.1) is 5.82 Å². The number of halogens is 1. The summed E-state index contributed by atoms with van der Waals surface area (Å²) < 4.78 is 13.4. The Kier molecular flexibility index (Phi) is 6.32. The van der Waals surface area contributed by atoms with Gasteiger partial charge in [-0.05, 0) is 62.4 Å². The van der Waals surface area contributed by atoms with Crippen molar-refractivity contribution in [2.45, 2.75) is 13.8 Å². The molecule has 0 saturated heterocycles. The van der Waals surface area contributed by atoms with E-state index in [-0.39, 0.29) is 5.82 Å². The van der Waals surface area contributed by atoms with Crippen LogP contribution in [0.15, 0.2) is 72.1 Å². The van der Waals surface area contributed by atoms with Gasteiger partial charge in [0.1, 0.15) is 17.5 Å². The maximum Gasteiger partial charge on any atom is 0.140 e. The quantitative estimate of drug-likeness (QED) is 0.462. The van der Waals surface area contributed by atoms with Crippen molar-refractivity contribution in [3.63, 3.8) is 0 Å². The second kappa shape index (κ2) is 9.08. The summed E-state index contributed by atoms with van der Waals surface area (Å²) in [4.78, 5) is 17.5. The summed E-state index contributed by atoms with van der Waals surface area (Å²) in [5, 5.41) is 0. The minimum absolute atomic E-state index is 0.278. The lowest BCUT2D eigenvalue weighted by Gasteiger charge is -2.22. The number of aliphatic imine (C=N–C) groups is 1. The number of rotatable bonds is 6. The third-order valence-corrected chi connectivity index (χ3v) is 4.52. The molecule has 0 bridgehead atoms. The van der Waals surface area contributed by atoms with Gasteiger partial charge in [-0.1, -0.05) is 0 Å². The minimum Gasteiger partial charge on any atom is -0.357 e. The molecule has 0 aliphatic heterocycles. The third kappa shape index (κ3) is 4.52. The fourth-order valence-corrected chi connectivity index (χ4v) is 2.92. The third-order valence-electron chi connectivity index (χ3n) is 4.52. The lowest BCUT2D eigenvalue weighted by Crippen LogP contribution is -2.27. The average molecular weight is 377 g/mol. The number of hydrogen-bond acceptors (Lipinski definition) is 4. The van der Waals surface area contributed by atoms with Crippen molar-refractivity contribution in [1.82, 2.24) is 9.97 Å². The molecule has 28 heavy (non-hydrogen) atoms. The van der Waals surface area contributed by atoms with Crippen LogP contribution in [-0.4, -0.2) is 35.9 Å². The highest BCUT2D eigenvalue weighted by molar-refractivity contribution is 6.10. The van der Waals surface area contributed by atoms with Crippen LogP contribution >= 0.6 is 0 Å². The molecule has 0 fully saturated rings. The van der Waals surface area contributed by atoms with Crippen LogP contribution in [-0.2, 0) is 0 Å². The second-order valence-electron chi connectivity index (χ2n) is 6.25. The summed E-state index contributed by atoms with van der Waals surface area (Å²) in [5.74, 6) is 1.35. The van der Waals surface area contributed by atoms with E-state index in [9.17, 15) is 4.39 Å². The summed E-state index contributed by atoms with van der Waals surface area (Å²) in [6.45, 7) is 6.01. The van der Waals surface area contributed by atoms with Crippen molar-refractivity contribution in [3.8, 4) is 0 Å². The molecular weight excluding hydrogens is 353 g/mol. The van der Waals surface area contributed by atoms with Crippen LogP contribution in [0.5, 0.6) is 0 Å². The van der Waals surface area contributed by atoms with Gasteiger partial charge in [-0.3, -0.25) is 4.98 Å². The normalized spacial score (nSPS) is 11.4. The van der Waals surface area contributed by atoms with Crippen LogP contribution < -0.4 is 9.80 Å². The lowest BCUT2D eigenvalue weighted by molar-refractivity contribution is 0.628. The lowest BCUT2D eigenvalue weighted by atomic mass is 10.1. The van der Waals surface area contributed by atoms with Crippen LogP contribution in [0.3, 0.4) is 0 Å². The monoisotopic (exact) mass is 377 g/mol. The maximum atomic E-state index is 13.4. The van der Waals surface area contributed by atoms with Crippen molar-refractivity contribution >= 4 is 23.0 Å². The number of aromatic nitrogens is 2. The van der Waals surface area contributed by atoms with Gasteiger partial charge >= 0.3 is 0 Å². The van der Waals surface area contributed by atoms with Gasteiger partial charge in [0, 0.05) is 43.8 Å². The second-order valence-corrected chi connectivity index (χ2v) is 6.25. The SMILES string of the molecule is CCN(CC)c1ccc(N=C(c2ccc(F)cc2)N(C)c2ccncc2)cn1. The first-order valence-corrected chi connectivity index (χ1v) is 9.31. The molecule has 1 aromatic carbocycles. The van der Waals surface area contributed by atoms with Gasteiger partial charge < -0.3 is 9.80 Å². The summed E-state index contributed by atoms with van der Waals surface area (Å²) >= 11 is 0. The Bertz CT molecular complexity index is 904. The van der Waals surface area contributed by atoms with Crippen LogP contribution in [0.2, 0.25) is 0 Å². The predicted molar refractivity (Wildman–Crippen MR) is 113 cm³/mol. The molecule has 0 amide bonds. The largest absolute Gasteiger partial charge is 0.357 e. The molecule has 0 aliphatic carbocycles. The van der Waals surface area contributed by atoms with Crippen molar-refractivity contribution in [2.24, 2.45) is 4.99 Å². The topological polar surface area (TPSA) is 44.6 Å². The molecule has 3 rings (SSSR count). The number of amidine groups is 1. The standard InChI is InChI=1S/C22H24FN5/c1-4-28(5-2)21-11-10-19(16-25-21)26-22(17-6-8-18(23)9-7-17)27(3)20-12-14-24-15-13-20/h6-16H,4-5H2,1-3H3. The molecule has 2 aromatic heterocycles. The van der Waals surface area contributed by atoms with Gasteiger partial charge in [-0.15, -0.1) is 0 Å². The Morgan fingerprint density at radius 3 is 2.21 bits per heavy atom. The highest BCUT2D eigenvalue weighted by Crippen LogP contribution is 2.21. The molecule has 0 spiro atoms. The highest BCUT2D eigenvalue weighted by atomic mass is 19.1. The van der Waals surface area contributed by atoms with Crippen molar-refractivity contribution in [2.75, 3.05) is 29.9 Å². The van der Waals surface area contributed by atoms with Gasteiger partial charge in [0.25, 0.3) is 0 Å². The number of nitrogens with zero attached hydrogens (tertiary/aromatic N) is 5. The van der Waals surface area contributed by atoms with Crippen LogP contribution in [0.1, 0.15) is 19.4 Å². The molecule has 144 valence electrons. The number of pyridine rings is 2. The molecule has 0 N–H and O–H groups in total. The van der Waals surface area contributed by atoms with E-state index in [2.05, 4.69) is 28.7 Å². The van der Waals surface area contributed by atoms with Gasteiger partial charge in [-0.2, -0.15) is 0 Å². The molecule has 6 heteroatoms. The molecule has 0 unspecified atom stereocenters. The van der Waals surface area contributed by atoms with E-state index in [1.807, 2.05) is 36.2 Å². The van der Waals surface area contributed by atoms with Gasteiger partial charge in [0.15, 0.2) is 0 Å². The van der Waals surface area contributed by atoms with Crippen molar-refractivity contribution in [1.29, 1.82) is 0 Å². The van der Waals surface area contributed by atoms with E-state index in [1.54, 1.807) is 30.7 Å². The predicted octanol–water partition coefficient (Wildman–Crippen LogP) is 4.68. The first kappa shape index (κ1) is 19.5.